The highest BCUT2D eigenvalue weighted by Crippen LogP contribution is 2.33. The van der Waals surface area contributed by atoms with Crippen LogP contribution in [0.2, 0.25) is 15.1 Å². The van der Waals surface area contributed by atoms with Crippen LogP contribution in [0.5, 0.6) is 0 Å². The van der Waals surface area contributed by atoms with Gasteiger partial charge < -0.3 is 10.3 Å². The van der Waals surface area contributed by atoms with Crippen molar-refractivity contribution in [2.75, 3.05) is 0 Å². The second-order valence-corrected chi connectivity index (χ2v) is 8.58. The van der Waals surface area contributed by atoms with Crippen LogP contribution < -0.4 is 5.73 Å². The number of aromatic nitrogens is 3. The number of nitrogens with zero attached hydrogens (tertiary/aromatic N) is 5. The highest BCUT2D eigenvalue weighted by Gasteiger charge is 2.31. The van der Waals surface area contributed by atoms with Crippen molar-refractivity contribution in [3.63, 3.8) is 0 Å². The fraction of sp³-hybridized carbons (Fsp3) is 0.0833. The molecule has 2 N–H and O–H groups in total. The number of guanidine groups is 1. The highest BCUT2D eigenvalue weighted by molar-refractivity contribution is 6.35. The van der Waals surface area contributed by atoms with E-state index in [1.165, 1.54) is 17.3 Å². The van der Waals surface area contributed by atoms with Gasteiger partial charge in [0.1, 0.15) is 0 Å². The molecule has 0 aliphatic carbocycles. The summed E-state index contributed by atoms with van der Waals surface area (Å²) < 4.78 is 1.83. The van der Waals surface area contributed by atoms with Crippen molar-refractivity contribution >= 4 is 52.4 Å². The Hall–Kier alpha value is -3.39. The molecule has 2 heterocycles. The average molecular weight is 514 g/mol. The van der Waals surface area contributed by atoms with Gasteiger partial charge in [-0.2, -0.15) is 0 Å². The molecule has 7 nitrogen and oxygen atoms in total. The molecule has 0 saturated heterocycles. The van der Waals surface area contributed by atoms with Crippen LogP contribution in [0.25, 0.3) is 0 Å². The summed E-state index contributed by atoms with van der Waals surface area (Å²) in [7, 11) is 0. The molecule has 4 aromatic rings. The molecule has 0 fully saturated rings. The van der Waals surface area contributed by atoms with Gasteiger partial charge in [0, 0.05) is 52.0 Å². The molecule has 0 spiro atoms. The Morgan fingerprint density at radius 1 is 0.971 bits per heavy atom. The third-order valence-electron chi connectivity index (χ3n) is 5.04. The van der Waals surface area contributed by atoms with Crippen molar-refractivity contribution in [1.82, 2.24) is 19.4 Å². The number of carbonyl (C=O) groups is 1. The molecule has 2 aromatic heterocycles. The monoisotopic (exact) mass is 512 g/mol. The largest absolute Gasteiger partial charge is 0.369 e. The lowest BCUT2D eigenvalue weighted by Gasteiger charge is -2.32. The number of hydrogen-bond donors (Lipinski definition) is 1. The lowest BCUT2D eigenvalue weighted by molar-refractivity contribution is 0.0787. The molecule has 1 unspecified atom stereocenters. The molecule has 34 heavy (non-hydrogen) atoms. The molecular weight excluding hydrogens is 495 g/mol. The van der Waals surface area contributed by atoms with E-state index in [-0.39, 0.29) is 11.9 Å². The molecule has 0 bridgehead atoms. The van der Waals surface area contributed by atoms with Crippen LogP contribution in [0.3, 0.4) is 0 Å². The summed E-state index contributed by atoms with van der Waals surface area (Å²) in [5.41, 5.74) is 8.07. The maximum atomic E-state index is 13.8. The Kier molecular flexibility index (Phi) is 7.47. The number of amides is 1. The van der Waals surface area contributed by atoms with Crippen LogP contribution in [0.1, 0.15) is 22.0 Å². The van der Waals surface area contributed by atoms with E-state index in [4.69, 9.17) is 40.5 Å². The van der Waals surface area contributed by atoms with Gasteiger partial charge in [0.05, 0.1) is 18.1 Å². The van der Waals surface area contributed by atoms with E-state index in [0.29, 0.717) is 38.4 Å². The first kappa shape index (κ1) is 23.8. The van der Waals surface area contributed by atoms with Crippen LogP contribution in [0, 0.1) is 0 Å². The average Bonchev–Trinajstić information content (AvgIpc) is 3.34. The molecule has 10 heteroatoms. The number of carbonyl (C=O) groups excluding carboxylic acids is 1. The van der Waals surface area contributed by atoms with E-state index in [1.807, 2.05) is 4.57 Å². The van der Waals surface area contributed by atoms with Crippen molar-refractivity contribution in [3.8, 4) is 0 Å². The zero-order valence-corrected chi connectivity index (χ0v) is 20.0. The van der Waals surface area contributed by atoms with E-state index >= 15 is 0 Å². The first-order valence-corrected chi connectivity index (χ1v) is 11.3. The SMILES string of the molecule is NC(=Nc1ccc(Cl)cc1)N(C(=O)c1ccncc1)C(Cn1ccnc1)c1ccc(Cl)cc1Cl. The Morgan fingerprint density at radius 3 is 2.32 bits per heavy atom. The van der Waals surface area contributed by atoms with Gasteiger partial charge in [-0.25, -0.2) is 9.98 Å². The van der Waals surface area contributed by atoms with Gasteiger partial charge >= 0.3 is 0 Å². The van der Waals surface area contributed by atoms with Gasteiger partial charge in [-0.05, 0) is 54.1 Å². The Balaban J connectivity index is 1.86. The van der Waals surface area contributed by atoms with Gasteiger partial charge in [0.25, 0.3) is 5.91 Å². The van der Waals surface area contributed by atoms with E-state index in [0.717, 1.165) is 0 Å². The van der Waals surface area contributed by atoms with Crippen LogP contribution in [0.4, 0.5) is 5.69 Å². The second kappa shape index (κ2) is 10.7. The molecule has 0 aliphatic rings. The van der Waals surface area contributed by atoms with Crippen molar-refractivity contribution < 1.29 is 4.79 Å². The summed E-state index contributed by atoms with van der Waals surface area (Å²) in [6.45, 7) is 0.314. The lowest BCUT2D eigenvalue weighted by atomic mass is 10.0. The van der Waals surface area contributed by atoms with Crippen molar-refractivity contribution in [2.24, 2.45) is 10.7 Å². The van der Waals surface area contributed by atoms with Gasteiger partial charge in [-0.15, -0.1) is 0 Å². The zero-order valence-electron chi connectivity index (χ0n) is 17.7. The minimum absolute atomic E-state index is 0.0136. The van der Waals surface area contributed by atoms with E-state index in [9.17, 15) is 4.79 Å². The van der Waals surface area contributed by atoms with Gasteiger partial charge in [-0.1, -0.05) is 40.9 Å². The fourth-order valence-corrected chi connectivity index (χ4v) is 4.09. The molecule has 0 saturated carbocycles. The number of hydrogen-bond acceptors (Lipinski definition) is 4. The summed E-state index contributed by atoms with van der Waals surface area (Å²) in [4.78, 5) is 27.8. The predicted octanol–water partition coefficient (Wildman–Crippen LogP) is 5.77. The number of nitrogens with two attached hydrogens (primary N) is 1. The number of aliphatic imine (C=N–C) groups is 1. The molecule has 0 radical (unpaired) electrons. The van der Waals surface area contributed by atoms with Crippen LogP contribution >= 0.6 is 34.8 Å². The van der Waals surface area contributed by atoms with E-state index in [1.54, 1.807) is 73.3 Å². The van der Waals surface area contributed by atoms with E-state index in [2.05, 4.69) is 15.0 Å². The molecule has 4 rings (SSSR count). The standard InChI is InChI=1S/C24H19Cl3N6O/c25-17-1-4-19(5-2-17)31-24(28)33(23(34)16-7-9-29-10-8-16)22(14-32-12-11-30-15-32)20-6-3-18(26)13-21(20)27/h1-13,15,22H,14H2,(H2,28,31). The number of rotatable bonds is 6. The maximum absolute atomic E-state index is 13.8. The minimum Gasteiger partial charge on any atom is -0.369 e. The van der Waals surface area contributed by atoms with Crippen LogP contribution in [0.15, 0.2) is 90.7 Å². The van der Waals surface area contributed by atoms with E-state index < -0.39 is 6.04 Å². The number of halogens is 3. The fourth-order valence-electron chi connectivity index (χ4n) is 3.43. The number of pyridine rings is 1. The van der Waals surface area contributed by atoms with Gasteiger partial charge in [0.2, 0.25) is 5.96 Å². The molecule has 172 valence electrons. The summed E-state index contributed by atoms with van der Waals surface area (Å²) in [5, 5.41) is 1.43. The first-order valence-electron chi connectivity index (χ1n) is 10.2. The Labute approximate surface area is 211 Å². The molecule has 1 atom stereocenters. The van der Waals surface area contributed by atoms with Crippen molar-refractivity contribution in [2.45, 2.75) is 12.6 Å². The molecular formula is C24H19Cl3N6O. The quantitative estimate of drug-likeness (QED) is 0.262. The van der Waals surface area contributed by atoms with Crippen LogP contribution in [-0.4, -0.2) is 31.3 Å². The Morgan fingerprint density at radius 2 is 1.68 bits per heavy atom. The first-order chi connectivity index (χ1) is 16.4. The molecule has 0 aliphatic heterocycles. The lowest BCUT2D eigenvalue weighted by Crippen LogP contribution is -2.45. The number of benzene rings is 2. The minimum atomic E-state index is -0.629. The van der Waals surface area contributed by atoms with Gasteiger partial charge in [0.15, 0.2) is 0 Å². The topological polar surface area (TPSA) is 89.4 Å². The van der Waals surface area contributed by atoms with Crippen molar-refractivity contribution in [3.05, 3.63) is 112 Å². The molecule has 1 amide bonds. The van der Waals surface area contributed by atoms with Gasteiger partial charge in [-0.3, -0.25) is 14.7 Å². The molecule has 2 aromatic carbocycles. The normalized spacial score (nSPS) is 12.4. The summed E-state index contributed by atoms with van der Waals surface area (Å²) in [6.07, 6.45) is 8.17. The second-order valence-electron chi connectivity index (χ2n) is 7.30. The summed E-state index contributed by atoms with van der Waals surface area (Å²) in [5.74, 6) is -0.381. The van der Waals surface area contributed by atoms with Crippen molar-refractivity contribution in [1.29, 1.82) is 0 Å². The Bertz CT molecular complexity index is 1290. The maximum Gasteiger partial charge on any atom is 0.261 e. The highest BCUT2D eigenvalue weighted by atomic mass is 35.5. The smallest absolute Gasteiger partial charge is 0.261 e. The number of imidazole rings is 1. The van der Waals surface area contributed by atoms with Crippen LogP contribution in [-0.2, 0) is 6.54 Å². The third kappa shape index (κ3) is 5.56. The summed E-state index contributed by atoms with van der Waals surface area (Å²) in [6, 6.07) is 14.5. The predicted molar refractivity (Wildman–Crippen MR) is 135 cm³/mol. The summed E-state index contributed by atoms with van der Waals surface area (Å²) >= 11 is 18.7. The third-order valence-corrected chi connectivity index (χ3v) is 5.85. The zero-order chi connectivity index (χ0) is 24.1.